The fourth-order valence-electron chi connectivity index (χ4n) is 3.06. The van der Waals surface area contributed by atoms with E-state index in [-0.39, 0.29) is 11.7 Å². The van der Waals surface area contributed by atoms with Crippen LogP contribution in [-0.4, -0.2) is 18.9 Å². The van der Waals surface area contributed by atoms with Crippen LogP contribution in [0.1, 0.15) is 39.2 Å². The number of esters is 1. The predicted octanol–water partition coefficient (Wildman–Crippen LogP) is 3.43. The fourth-order valence-corrected chi connectivity index (χ4v) is 4.24. The Morgan fingerprint density at radius 2 is 2.00 bits per heavy atom. The van der Waals surface area contributed by atoms with Gasteiger partial charge in [0.2, 0.25) is 0 Å². The molecule has 1 heterocycles. The van der Waals surface area contributed by atoms with Gasteiger partial charge in [-0.1, -0.05) is 37.3 Å². The number of aryl methyl sites for hydroxylation is 1. The number of Topliss-reactive ketones (excluding diaryl/α,β-unsaturated/α-hetero) is 1. The highest BCUT2D eigenvalue weighted by molar-refractivity contribution is 7.12. The minimum Gasteiger partial charge on any atom is -0.468 e. The Kier molecular flexibility index (Phi) is 3.64. The molecule has 0 fully saturated rings. The highest BCUT2D eigenvalue weighted by Gasteiger charge is 2.47. The number of ether oxygens (including phenoxy) is 1. The van der Waals surface area contributed by atoms with Gasteiger partial charge in [-0.3, -0.25) is 9.59 Å². The second kappa shape index (κ2) is 5.45. The van der Waals surface area contributed by atoms with Crippen molar-refractivity contribution in [2.45, 2.75) is 19.3 Å². The second-order valence-electron chi connectivity index (χ2n) is 5.11. The van der Waals surface area contributed by atoms with Crippen LogP contribution in [0, 0.1) is 5.92 Å². The van der Waals surface area contributed by atoms with Crippen LogP contribution in [0.15, 0.2) is 35.7 Å². The van der Waals surface area contributed by atoms with E-state index in [0.29, 0.717) is 0 Å². The maximum absolute atomic E-state index is 12.6. The van der Waals surface area contributed by atoms with Gasteiger partial charge in [0.1, 0.15) is 5.92 Å². The van der Waals surface area contributed by atoms with Crippen molar-refractivity contribution in [3.8, 4) is 0 Å². The summed E-state index contributed by atoms with van der Waals surface area (Å²) in [5.74, 6) is -1.51. The molecule has 21 heavy (non-hydrogen) atoms. The molecule has 108 valence electrons. The summed E-state index contributed by atoms with van der Waals surface area (Å²) in [6.07, 6.45) is 0.857. The molecule has 0 amide bonds. The first-order valence-corrected chi connectivity index (χ1v) is 7.84. The molecule has 4 heteroatoms. The summed E-state index contributed by atoms with van der Waals surface area (Å²) in [5, 5.41) is 2.03. The van der Waals surface area contributed by atoms with Crippen LogP contribution in [0.3, 0.4) is 0 Å². The molecule has 0 bridgehead atoms. The van der Waals surface area contributed by atoms with Gasteiger partial charge in [0.05, 0.1) is 12.0 Å². The number of rotatable bonds is 3. The lowest BCUT2D eigenvalue weighted by Gasteiger charge is -2.19. The Hall–Kier alpha value is -1.94. The van der Waals surface area contributed by atoms with E-state index in [1.54, 1.807) is 0 Å². The van der Waals surface area contributed by atoms with Crippen LogP contribution in [0.25, 0.3) is 0 Å². The van der Waals surface area contributed by atoms with Crippen molar-refractivity contribution in [2.75, 3.05) is 7.11 Å². The Morgan fingerprint density at radius 3 is 2.62 bits per heavy atom. The average molecular weight is 300 g/mol. The van der Waals surface area contributed by atoms with E-state index >= 15 is 0 Å². The molecule has 1 aromatic heterocycles. The average Bonchev–Trinajstić information content (AvgIpc) is 3.06. The second-order valence-corrected chi connectivity index (χ2v) is 5.99. The number of carbonyl (C=O) groups is 2. The number of hydrogen-bond acceptors (Lipinski definition) is 4. The minimum atomic E-state index is -0.745. The normalized spacial score (nSPS) is 20.4. The van der Waals surface area contributed by atoms with E-state index < -0.39 is 11.9 Å². The molecule has 2 atom stereocenters. The van der Waals surface area contributed by atoms with E-state index in [1.807, 2.05) is 35.7 Å². The van der Waals surface area contributed by atoms with Gasteiger partial charge in [0, 0.05) is 5.92 Å². The molecule has 1 aliphatic carbocycles. The summed E-state index contributed by atoms with van der Waals surface area (Å²) in [4.78, 5) is 25.5. The number of carbonyl (C=O) groups excluding carboxylic acids is 2. The Balaban J connectivity index is 2.18. The summed E-state index contributed by atoms with van der Waals surface area (Å²) in [5.41, 5.74) is 3.17. The first-order chi connectivity index (χ1) is 10.2. The number of fused-ring (bicyclic) bond motifs is 1. The molecule has 3 nitrogen and oxygen atoms in total. The lowest BCUT2D eigenvalue weighted by atomic mass is 9.84. The van der Waals surface area contributed by atoms with Gasteiger partial charge in [-0.15, -0.1) is 11.3 Å². The third-order valence-electron chi connectivity index (χ3n) is 4.05. The topological polar surface area (TPSA) is 43.4 Å². The van der Waals surface area contributed by atoms with E-state index in [4.69, 9.17) is 4.74 Å². The smallest absolute Gasteiger partial charge is 0.317 e. The quantitative estimate of drug-likeness (QED) is 0.644. The molecule has 3 rings (SSSR count). The monoisotopic (exact) mass is 300 g/mol. The van der Waals surface area contributed by atoms with Gasteiger partial charge in [-0.25, -0.2) is 0 Å². The molecule has 2 aromatic rings. The zero-order valence-corrected chi connectivity index (χ0v) is 12.8. The SMILES string of the molecule is CCc1csc2c1[C@H](c1ccccc1)[C@@H](C(=O)OC)C2=O. The minimum absolute atomic E-state index is 0.101. The lowest BCUT2D eigenvalue weighted by molar-refractivity contribution is -0.143. The third-order valence-corrected chi connectivity index (χ3v) is 5.11. The highest BCUT2D eigenvalue weighted by Crippen LogP contribution is 2.47. The number of methoxy groups -OCH3 is 1. The van der Waals surface area contributed by atoms with Crippen LogP contribution in [0.4, 0.5) is 0 Å². The standard InChI is InChI=1S/C17H16O3S/c1-3-10-9-21-16-13(10)12(11-7-5-4-6-8-11)14(15(16)18)17(19)20-2/h4-9,12,14H,3H2,1-2H3/t12-,14+/m0/s1. The first kappa shape index (κ1) is 14.0. The first-order valence-electron chi connectivity index (χ1n) is 6.96. The number of thiophene rings is 1. The molecular weight excluding hydrogens is 284 g/mol. The van der Waals surface area contributed by atoms with Crippen molar-refractivity contribution < 1.29 is 14.3 Å². The van der Waals surface area contributed by atoms with Crippen LogP contribution in [0.2, 0.25) is 0 Å². The zero-order valence-electron chi connectivity index (χ0n) is 12.0. The van der Waals surface area contributed by atoms with Gasteiger partial charge in [0.15, 0.2) is 5.78 Å². The van der Waals surface area contributed by atoms with Crippen molar-refractivity contribution in [3.63, 3.8) is 0 Å². The summed E-state index contributed by atoms with van der Waals surface area (Å²) >= 11 is 1.44. The summed E-state index contributed by atoms with van der Waals surface area (Å²) < 4.78 is 4.88. The lowest BCUT2D eigenvalue weighted by Crippen LogP contribution is -2.26. The van der Waals surface area contributed by atoms with Gasteiger partial charge in [0.25, 0.3) is 0 Å². The molecule has 0 N–H and O–H groups in total. The van der Waals surface area contributed by atoms with Crippen LogP contribution in [-0.2, 0) is 16.0 Å². The zero-order chi connectivity index (χ0) is 15.0. The summed E-state index contributed by atoms with van der Waals surface area (Å²) in [7, 11) is 1.34. The number of ketones is 1. The molecule has 0 aliphatic heterocycles. The van der Waals surface area contributed by atoms with E-state index in [1.165, 1.54) is 18.4 Å². The van der Waals surface area contributed by atoms with Crippen molar-refractivity contribution in [2.24, 2.45) is 5.92 Å². The van der Waals surface area contributed by atoms with Crippen molar-refractivity contribution in [1.29, 1.82) is 0 Å². The molecular formula is C17H16O3S. The maximum Gasteiger partial charge on any atom is 0.317 e. The van der Waals surface area contributed by atoms with Crippen molar-refractivity contribution >= 4 is 23.1 Å². The predicted molar refractivity (Wildman–Crippen MR) is 81.8 cm³/mol. The van der Waals surface area contributed by atoms with Crippen molar-refractivity contribution in [3.05, 3.63) is 57.3 Å². The molecule has 0 saturated carbocycles. The molecule has 0 spiro atoms. The van der Waals surface area contributed by atoms with Gasteiger partial charge in [-0.2, -0.15) is 0 Å². The van der Waals surface area contributed by atoms with E-state index in [2.05, 4.69) is 6.92 Å². The van der Waals surface area contributed by atoms with Crippen LogP contribution < -0.4 is 0 Å². The largest absolute Gasteiger partial charge is 0.468 e. The van der Waals surface area contributed by atoms with Gasteiger partial charge in [-0.05, 0) is 28.5 Å². The van der Waals surface area contributed by atoms with E-state index in [9.17, 15) is 9.59 Å². The molecule has 0 saturated heterocycles. The molecule has 0 radical (unpaired) electrons. The molecule has 0 unspecified atom stereocenters. The van der Waals surface area contributed by atoms with Gasteiger partial charge >= 0.3 is 5.97 Å². The van der Waals surface area contributed by atoms with E-state index in [0.717, 1.165) is 28.0 Å². The van der Waals surface area contributed by atoms with Crippen LogP contribution in [0.5, 0.6) is 0 Å². The highest BCUT2D eigenvalue weighted by atomic mass is 32.1. The Labute approximate surface area is 127 Å². The molecule has 1 aromatic carbocycles. The maximum atomic E-state index is 12.6. The van der Waals surface area contributed by atoms with Crippen molar-refractivity contribution in [1.82, 2.24) is 0 Å². The Morgan fingerprint density at radius 1 is 1.29 bits per heavy atom. The number of hydrogen-bond donors (Lipinski definition) is 0. The number of benzene rings is 1. The fraction of sp³-hybridized carbons (Fsp3) is 0.294. The Bertz CT molecular complexity index is 687. The molecule has 1 aliphatic rings. The van der Waals surface area contributed by atoms with Crippen LogP contribution >= 0.6 is 11.3 Å². The summed E-state index contributed by atoms with van der Waals surface area (Å²) in [6.45, 7) is 2.07. The van der Waals surface area contributed by atoms with Gasteiger partial charge < -0.3 is 4.74 Å². The summed E-state index contributed by atoms with van der Waals surface area (Å²) in [6, 6.07) is 9.75. The third kappa shape index (κ3) is 2.10.